The van der Waals surface area contributed by atoms with Crippen LogP contribution in [0.15, 0.2) is 53.6 Å². The molecule has 6 nitrogen and oxygen atoms in total. The van der Waals surface area contributed by atoms with E-state index in [0.717, 1.165) is 30.4 Å². The lowest BCUT2D eigenvalue weighted by Crippen LogP contribution is -2.39. The summed E-state index contributed by atoms with van der Waals surface area (Å²) >= 11 is 6.14. The van der Waals surface area contributed by atoms with Crippen LogP contribution in [0.1, 0.15) is 36.8 Å². The first kappa shape index (κ1) is 20.9. The summed E-state index contributed by atoms with van der Waals surface area (Å²) in [5.41, 5.74) is 4.17. The number of hydrogen-bond donors (Lipinski definition) is 1. The average Bonchev–Trinajstić information content (AvgIpc) is 2.92. The molecule has 2 aromatic rings. The number of amides is 2. The molecule has 1 N–H and O–H groups in total. The fourth-order valence-electron chi connectivity index (χ4n) is 3.05. The molecule has 1 fully saturated rings. The van der Waals surface area contributed by atoms with Gasteiger partial charge in [0.25, 0.3) is 5.91 Å². The second-order valence-electron chi connectivity index (χ2n) is 6.87. The van der Waals surface area contributed by atoms with Gasteiger partial charge in [0.15, 0.2) is 0 Å². The third kappa shape index (κ3) is 6.61. The zero-order valence-corrected chi connectivity index (χ0v) is 16.9. The molecular weight excluding hydrogens is 390 g/mol. The van der Waals surface area contributed by atoms with Gasteiger partial charge in [-0.1, -0.05) is 48.4 Å². The zero-order valence-electron chi connectivity index (χ0n) is 16.1. The number of benzene rings is 2. The van der Waals surface area contributed by atoms with Gasteiger partial charge in [-0.3, -0.25) is 9.59 Å². The Labute approximate surface area is 175 Å². The first-order valence-corrected chi connectivity index (χ1v) is 10.1. The Hall–Kier alpha value is -2.86. The van der Waals surface area contributed by atoms with E-state index in [9.17, 15) is 9.59 Å². The lowest BCUT2D eigenvalue weighted by molar-refractivity contribution is -0.135. The van der Waals surface area contributed by atoms with Crippen LogP contribution in [0.25, 0.3) is 0 Å². The Balaban J connectivity index is 1.50. The van der Waals surface area contributed by atoms with Gasteiger partial charge >= 0.3 is 0 Å². The lowest BCUT2D eigenvalue weighted by Gasteiger charge is -2.18. The predicted molar refractivity (Wildman–Crippen MR) is 113 cm³/mol. The van der Waals surface area contributed by atoms with Gasteiger partial charge in [-0.2, -0.15) is 5.10 Å². The average molecular weight is 414 g/mol. The fraction of sp³-hybridized carbons (Fsp3) is 0.318. The van der Waals surface area contributed by atoms with E-state index in [1.807, 2.05) is 48.5 Å². The summed E-state index contributed by atoms with van der Waals surface area (Å²) in [5, 5.41) is 4.65. The summed E-state index contributed by atoms with van der Waals surface area (Å²) < 4.78 is 5.79. The number of nitrogens with one attached hydrogen (secondary N) is 1. The van der Waals surface area contributed by atoms with E-state index in [2.05, 4.69) is 10.5 Å². The molecule has 3 rings (SSSR count). The molecule has 0 aromatic heterocycles. The minimum Gasteiger partial charge on any atom is -0.489 e. The molecule has 29 heavy (non-hydrogen) atoms. The molecule has 0 bridgehead atoms. The summed E-state index contributed by atoms with van der Waals surface area (Å²) in [4.78, 5) is 25.6. The summed E-state index contributed by atoms with van der Waals surface area (Å²) in [6.07, 6.45) is 4.91. The van der Waals surface area contributed by atoms with Crippen LogP contribution in [-0.4, -0.2) is 36.0 Å². The van der Waals surface area contributed by atoms with E-state index in [0.29, 0.717) is 30.3 Å². The van der Waals surface area contributed by atoms with E-state index in [1.165, 1.54) is 0 Å². The summed E-state index contributed by atoms with van der Waals surface area (Å²) in [6, 6.07) is 14.9. The van der Waals surface area contributed by atoms with Crippen LogP contribution in [0, 0.1) is 0 Å². The molecule has 0 saturated carbocycles. The minimum atomic E-state index is -0.303. The molecule has 1 aliphatic heterocycles. The molecule has 0 radical (unpaired) electrons. The van der Waals surface area contributed by atoms with Crippen molar-refractivity contribution in [1.82, 2.24) is 10.3 Å². The summed E-state index contributed by atoms with van der Waals surface area (Å²) in [5.74, 6) is 0.406. The van der Waals surface area contributed by atoms with Crippen molar-refractivity contribution >= 4 is 29.6 Å². The molecule has 0 unspecified atom stereocenters. The maximum Gasteiger partial charge on any atom is 0.259 e. The van der Waals surface area contributed by atoms with Crippen LogP contribution < -0.4 is 10.2 Å². The van der Waals surface area contributed by atoms with Gasteiger partial charge in [0.05, 0.1) is 6.21 Å². The molecule has 0 aliphatic carbocycles. The molecule has 0 spiro atoms. The normalized spacial score (nSPS) is 14.7. The lowest BCUT2D eigenvalue weighted by atomic mass is 10.2. The first-order valence-electron chi connectivity index (χ1n) is 9.68. The smallest absolute Gasteiger partial charge is 0.259 e. The topological polar surface area (TPSA) is 71.0 Å². The van der Waals surface area contributed by atoms with Gasteiger partial charge in [0.1, 0.15) is 18.9 Å². The van der Waals surface area contributed by atoms with Gasteiger partial charge < -0.3 is 9.64 Å². The van der Waals surface area contributed by atoms with Crippen molar-refractivity contribution in [2.24, 2.45) is 5.10 Å². The van der Waals surface area contributed by atoms with Gasteiger partial charge in [0, 0.05) is 23.6 Å². The third-order valence-corrected chi connectivity index (χ3v) is 4.99. The molecular formula is C22H24ClN3O3. The van der Waals surface area contributed by atoms with E-state index in [1.54, 1.807) is 11.1 Å². The van der Waals surface area contributed by atoms with Crippen LogP contribution in [0.4, 0.5) is 0 Å². The number of likely N-dealkylation sites (tertiary alicyclic amines) is 1. The third-order valence-electron chi connectivity index (χ3n) is 4.62. The number of hydrazone groups is 1. The number of carbonyl (C=O) groups excluding carboxylic acids is 2. The largest absolute Gasteiger partial charge is 0.489 e. The van der Waals surface area contributed by atoms with Crippen LogP contribution >= 0.6 is 11.6 Å². The van der Waals surface area contributed by atoms with Crippen LogP contribution in [0.5, 0.6) is 5.75 Å². The first-order chi connectivity index (χ1) is 14.1. The molecule has 1 saturated heterocycles. The Morgan fingerprint density at radius 2 is 2.03 bits per heavy atom. The Morgan fingerprint density at radius 1 is 1.17 bits per heavy atom. The van der Waals surface area contributed by atoms with Gasteiger partial charge in [0.2, 0.25) is 5.91 Å². The van der Waals surface area contributed by atoms with Crippen molar-refractivity contribution in [2.75, 3.05) is 13.1 Å². The Bertz CT molecular complexity index is 885. The number of carbonyl (C=O) groups is 2. The SMILES string of the molecule is O=C(CN1CCCCCC1=O)N/N=C\c1cccc(OCc2ccccc2Cl)c1. The second-order valence-corrected chi connectivity index (χ2v) is 7.28. The maximum atomic E-state index is 12.1. The van der Waals surface area contributed by atoms with Crippen molar-refractivity contribution < 1.29 is 14.3 Å². The Kier molecular flexibility index (Phi) is 7.64. The number of hydrogen-bond acceptors (Lipinski definition) is 4. The number of ether oxygens (including phenoxy) is 1. The highest BCUT2D eigenvalue weighted by Crippen LogP contribution is 2.19. The van der Waals surface area contributed by atoms with Gasteiger partial charge in [-0.05, 0) is 36.6 Å². The zero-order chi connectivity index (χ0) is 20.5. The molecule has 1 heterocycles. The van der Waals surface area contributed by atoms with Crippen molar-refractivity contribution in [3.63, 3.8) is 0 Å². The standard InChI is InChI=1S/C22H24ClN3O3/c23-20-10-4-3-8-18(20)16-29-19-9-6-7-17(13-19)14-24-25-21(27)15-26-12-5-1-2-11-22(26)28/h3-4,6-10,13-14H,1-2,5,11-12,15-16H2,(H,25,27)/b24-14-. The number of halogens is 1. The highest BCUT2D eigenvalue weighted by atomic mass is 35.5. The van der Waals surface area contributed by atoms with Gasteiger partial charge in [-0.25, -0.2) is 5.43 Å². The number of nitrogens with zero attached hydrogens (tertiary/aromatic N) is 2. The van der Waals surface area contributed by atoms with E-state index in [4.69, 9.17) is 16.3 Å². The molecule has 152 valence electrons. The van der Waals surface area contributed by atoms with Crippen LogP contribution in [-0.2, 0) is 16.2 Å². The van der Waals surface area contributed by atoms with Crippen LogP contribution in [0.2, 0.25) is 5.02 Å². The van der Waals surface area contributed by atoms with Crippen molar-refractivity contribution in [3.05, 3.63) is 64.7 Å². The molecule has 2 aromatic carbocycles. The monoisotopic (exact) mass is 413 g/mol. The minimum absolute atomic E-state index is 0.0324. The molecule has 2 amide bonds. The predicted octanol–water partition coefficient (Wildman–Crippen LogP) is 3.77. The highest BCUT2D eigenvalue weighted by Gasteiger charge is 2.18. The maximum absolute atomic E-state index is 12.1. The molecule has 0 atom stereocenters. The summed E-state index contributed by atoms with van der Waals surface area (Å²) in [6.45, 7) is 1.03. The highest BCUT2D eigenvalue weighted by molar-refractivity contribution is 6.31. The van der Waals surface area contributed by atoms with Crippen molar-refractivity contribution in [3.8, 4) is 5.75 Å². The van der Waals surface area contributed by atoms with E-state index < -0.39 is 0 Å². The molecule has 1 aliphatic rings. The van der Waals surface area contributed by atoms with Crippen LogP contribution in [0.3, 0.4) is 0 Å². The van der Waals surface area contributed by atoms with E-state index >= 15 is 0 Å². The van der Waals surface area contributed by atoms with Gasteiger partial charge in [-0.15, -0.1) is 0 Å². The number of rotatable bonds is 7. The van der Waals surface area contributed by atoms with Crippen molar-refractivity contribution in [1.29, 1.82) is 0 Å². The van der Waals surface area contributed by atoms with Crippen molar-refractivity contribution in [2.45, 2.75) is 32.3 Å². The Morgan fingerprint density at radius 3 is 2.90 bits per heavy atom. The second kappa shape index (κ2) is 10.6. The quantitative estimate of drug-likeness (QED) is 0.554. The fourth-order valence-corrected chi connectivity index (χ4v) is 3.24. The summed E-state index contributed by atoms with van der Waals surface area (Å²) in [7, 11) is 0. The molecule has 7 heteroatoms. The van der Waals surface area contributed by atoms with E-state index in [-0.39, 0.29) is 18.4 Å².